The second-order valence-electron chi connectivity index (χ2n) is 6.02. The second kappa shape index (κ2) is 9.72. The predicted molar refractivity (Wildman–Crippen MR) is 103 cm³/mol. The Morgan fingerprint density at radius 3 is 1.07 bits per heavy atom. The fourth-order valence-electron chi connectivity index (χ4n) is 2.39. The minimum absolute atomic E-state index is 0. The van der Waals surface area contributed by atoms with Crippen LogP contribution in [0.15, 0.2) is 72.8 Å². The molecule has 0 heterocycles. The predicted octanol–water partition coefficient (Wildman–Crippen LogP) is 6.26. The average Bonchev–Trinajstić information content (AvgIpc) is 2.61. The Morgan fingerprint density at radius 1 is 0.556 bits per heavy atom. The summed E-state index contributed by atoms with van der Waals surface area (Å²) in [7, 11) is -3.97. The van der Waals surface area contributed by atoms with Crippen molar-refractivity contribution in [3.05, 3.63) is 89.5 Å². The molecule has 0 radical (unpaired) electrons. The first-order chi connectivity index (χ1) is 12.5. The van der Waals surface area contributed by atoms with Crippen molar-refractivity contribution in [3.63, 3.8) is 0 Å². The molecule has 138 valence electrons. The van der Waals surface area contributed by atoms with Crippen molar-refractivity contribution in [1.82, 2.24) is 0 Å². The third kappa shape index (κ3) is 5.81. The summed E-state index contributed by atoms with van der Waals surface area (Å²) in [5.74, 6) is 1.37. The van der Waals surface area contributed by atoms with E-state index in [1.807, 2.05) is 75.4 Å². The summed E-state index contributed by atoms with van der Waals surface area (Å²) >= 11 is 0. The normalized spacial score (nSPS) is 10.6. The van der Waals surface area contributed by atoms with Gasteiger partial charge in [0.15, 0.2) is 0 Å². The van der Waals surface area contributed by atoms with Crippen LogP contribution in [-0.4, -0.2) is 0 Å². The van der Waals surface area contributed by atoms with Gasteiger partial charge in [-0.25, -0.2) is 0 Å². The van der Waals surface area contributed by atoms with Crippen LogP contribution in [0.5, 0.6) is 17.2 Å². The van der Waals surface area contributed by atoms with Gasteiger partial charge in [0.1, 0.15) is 17.2 Å². The summed E-state index contributed by atoms with van der Waals surface area (Å²) in [6.45, 7) is 5.63. The molecule has 3 aromatic carbocycles. The minimum atomic E-state index is -3.97. The fraction of sp³-hybridized carbons (Fsp3) is 0.143. The molecule has 0 unspecified atom stereocenters. The van der Waals surface area contributed by atoms with Crippen LogP contribution in [0.4, 0.5) is 0 Å². The molecule has 0 spiro atoms. The molecule has 0 atom stereocenters. The smallest absolute Gasteiger partial charge is 0.386 e. The van der Waals surface area contributed by atoms with E-state index in [9.17, 15) is 4.57 Å². The third-order valence-electron chi connectivity index (χ3n) is 3.91. The molecule has 0 amide bonds. The number of rotatable bonds is 6. The molecular formula is C21H21NdO4P. The van der Waals surface area contributed by atoms with Gasteiger partial charge in [0.25, 0.3) is 0 Å². The monoisotopic (exact) mass is 510 g/mol. The van der Waals surface area contributed by atoms with Crippen LogP contribution in [0.25, 0.3) is 0 Å². The maximum atomic E-state index is 13.5. The summed E-state index contributed by atoms with van der Waals surface area (Å²) in [6, 6.07) is 22.0. The molecule has 0 N–H and O–H groups in total. The van der Waals surface area contributed by atoms with Crippen LogP contribution in [0.3, 0.4) is 0 Å². The van der Waals surface area contributed by atoms with Crippen LogP contribution in [0, 0.1) is 61.6 Å². The molecule has 6 heteroatoms. The third-order valence-corrected chi connectivity index (χ3v) is 5.17. The van der Waals surface area contributed by atoms with E-state index in [4.69, 9.17) is 13.6 Å². The molecule has 0 aliphatic heterocycles. The molecule has 27 heavy (non-hydrogen) atoms. The van der Waals surface area contributed by atoms with Gasteiger partial charge in [0.05, 0.1) is 0 Å². The van der Waals surface area contributed by atoms with Gasteiger partial charge in [-0.15, -0.1) is 0 Å². The van der Waals surface area contributed by atoms with Gasteiger partial charge in [-0.05, 0) is 55.7 Å². The van der Waals surface area contributed by atoms with Crippen LogP contribution < -0.4 is 13.6 Å². The van der Waals surface area contributed by atoms with E-state index in [0.29, 0.717) is 17.2 Å². The largest absolute Gasteiger partial charge is 0.647 e. The van der Waals surface area contributed by atoms with E-state index in [0.717, 1.165) is 16.7 Å². The van der Waals surface area contributed by atoms with Gasteiger partial charge < -0.3 is 13.6 Å². The molecule has 3 aromatic rings. The number of aryl methyl sites for hydroxylation is 3. The second-order valence-corrected chi connectivity index (χ2v) is 7.46. The Morgan fingerprint density at radius 2 is 0.815 bits per heavy atom. The Kier molecular flexibility index (Phi) is 7.90. The molecule has 0 aliphatic rings. The number of hydrogen-bond donors (Lipinski definition) is 0. The minimum Gasteiger partial charge on any atom is -0.386 e. The number of phosphoric acid groups is 1. The van der Waals surface area contributed by atoms with Crippen LogP contribution >= 0.6 is 7.82 Å². The van der Waals surface area contributed by atoms with Crippen molar-refractivity contribution in [2.45, 2.75) is 20.8 Å². The van der Waals surface area contributed by atoms with Crippen molar-refractivity contribution in [3.8, 4) is 17.2 Å². The zero-order valence-electron chi connectivity index (χ0n) is 15.5. The number of phosphoric ester groups is 1. The Bertz CT molecular complexity index is 836. The van der Waals surface area contributed by atoms with Crippen molar-refractivity contribution in [2.24, 2.45) is 0 Å². The number of hydrogen-bond acceptors (Lipinski definition) is 4. The van der Waals surface area contributed by atoms with Crippen molar-refractivity contribution in [2.75, 3.05) is 0 Å². The van der Waals surface area contributed by atoms with Gasteiger partial charge >= 0.3 is 7.82 Å². The van der Waals surface area contributed by atoms with Crippen molar-refractivity contribution < 1.29 is 59.0 Å². The summed E-state index contributed by atoms with van der Waals surface area (Å²) in [5.41, 5.74) is 2.53. The number of para-hydroxylation sites is 3. The first kappa shape index (κ1) is 21.9. The molecule has 0 aliphatic carbocycles. The van der Waals surface area contributed by atoms with Gasteiger partial charge in [-0.3, -0.25) is 0 Å². The molecule has 0 bridgehead atoms. The molecule has 0 aromatic heterocycles. The Balaban J connectivity index is 0.00000261. The standard InChI is InChI=1S/C21H21O4P.Nd/c1-16-10-4-7-13-19(16)23-26(22,24-20-14-8-5-11-17(20)2)25-21-15-9-6-12-18(21)3;/h4-15H,1-3H3;. The van der Waals surface area contributed by atoms with Crippen molar-refractivity contribution in [1.29, 1.82) is 0 Å². The summed E-state index contributed by atoms with van der Waals surface area (Å²) in [4.78, 5) is 0. The van der Waals surface area contributed by atoms with E-state index in [-0.39, 0.29) is 40.8 Å². The molecule has 0 saturated carbocycles. The maximum Gasteiger partial charge on any atom is 0.647 e. The van der Waals surface area contributed by atoms with Gasteiger partial charge in [-0.1, -0.05) is 54.6 Å². The topological polar surface area (TPSA) is 44.8 Å². The average molecular weight is 513 g/mol. The van der Waals surface area contributed by atoms with Crippen LogP contribution in [-0.2, 0) is 4.57 Å². The summed E-state index contributed by atoms with van der Waals surface area (Å²) < 4.78 is 30.8. The molecule has 3 rings (SSSR count). The summed E-state index contributed by atoms with van der Waals surface area (Å²) in [5, 5.41) is 0. The fourth-order valence-corrected chi connectivity index (χ4v) is 3.84. The van der Waals surface area contributed by atoms with E-state index >= 15 is 0 Å². The van der Waals surface area contributed by atoms with E-state index < -0.39 is 7.82 Å². The Labute approximate surface area is 193 Å². The zero-order chi connectivity index (χ0) is 18.6. The SMILES string of the molecule is Cc1ccccc1OP(=O)(Oc1ccccc1C)Oc1ccccc1C.[Nd]. The van der Waals surface area contributed by atoms with E-state index in [2.05, 4.69) is 0 Å². The first-order valence-corrected chi connectivity index (χ1v) is 9.79. The van der Waals surface area contributed by atoms with E-state index in [1.165, 1.54) is 0 Å². The Hall–Kier alpha value is -1.36. The molecule has 4 nitrogen and oxygen atoms in total. The van der Waals surface area contributed by atoms with Gasteiger partial charge in [0.2, 0.25) is 0 Å². The van der Waals surface area contributed by atoms with E-state index in [1.54, 1.807) is 18.2 Å². The van der Waals surface area contributed by atoms with Gasteiger partial charge in [-0.2, -0.15) is 4.57 Å². The molecular weight excluding hydrogens is 491 g/mol. The van der Waals surface area contributed by atoms with Crippen LogP contribution in [0.2, 0.25) is 0 Å². The summed E-state index contributed by atoms with van der Waals surface area (Å²) in [6.07, 6.45) is 0. The maximum absolute atomic E-state index is 13.5. The van der Waals surface area contributed by atoms with Gasteiger partial charge in [0, 0.05) is 40.8 Å². The zero-order valence-corrected chi connectivity index (χ0v) is 19.6. The van der Waals surface area contributed by atoms with Crippen molar-refractivity contribution >= 4 is 7.82 Å². The molecule has 0 saturated heterocycles. The quantitative estimate of drug-likeness (QED) is 0.366. The first-order valence-electron chi connectivity index (χ1n) is 8.32. The van der Waals surface area contributed by atoms with Crippen LogP contribution in [0.1, 0.15) is 16.7 Å². The molecule has 0 fully saturated rings. The number of benzene rings is 3.